The summed E-state index contributed by atoms with van der Waals surface area (Å²) in [5.41, 5.74) is 4.55. The van der Waals surface area contributed by atoms with Crippen LogP contribution in [0.3, 0.4) is 0 Å². The Balaban J connectivity index is 1.50. The van der Waals surface area contributed by atoms with E-state index in [0.29, 0.717) is 5.82 Å². The molecule has 4 aromatic rings. The summed E-state index contributed by atoms with van der Waals surface area (Å²) in [5.74, 6) is 2.33. The van der Waals surface area contributed by atoms with E-state index < -0.39 is 0 Å². The number of aromatic amines is 1. The first-order valence-corrected chi connectivity index (χ1v) is 11.4. The molecule has 0 unspecified atom stereocenters. The molecule has 0 amide bonds. The first kappa shape index (κ1) is 21.1. The van der Waals surface area contributed by atoms with Gasteiger partial charge >= 0.3 is 0 Å². The van der Waals surface area contributed by atoms with Crippen LogP contribution in [0, 0.1) is 0 Å². The summed E-state index contributed by atoms with van der Waals surface area (Å²) in [5, 5.41) is 14.3. The molecule has 1 atom stereocenters. The van der Waals surface area contributed by atoms with Gasteiger partial charge in [-0.1, -0.05) is 30.3 Å². The average molecular weight is 442 g/mol. The van der Waals surface area contributed by atoms with Crippen molar-refractivity contribution < 1.29 is 9.47 Å². The fraction of sp³-hybridized carbons (Fsp3) is 0.308. The van der Waals surface area contributed by atoms with E-state index in [1.54, 1.807) is 7.11 Å². The SMILES string of the molecule is COc1ccc([C@H](Cc2ccncc2)c2ccc(-c3nn[nH]n3)cc2)cc1OC1CCCC1. The molecule has 168 valence electrons. The first-order chi connectivity index (χ1) is 16.3. The Hall–Kier alpha value is -3.74. The lowest BCUT2D eigenvalue weighted by molar-refractivity contribution is 0.200. The van der Waals surface area contributed by atoms with Gasteiger partial charge in [0.2, 0.25) is 5.82 Å². The normalized spacial score (nSPS) is 14.8. The number of methoxy groups -OCH3 is 1. The summed E-state index contributed by atoms with van der Waals surface area (Å²) in [6.45, 7) is 0. The van der Waals surface area contributed by atoms with Crippen molar-refractivity contribution in [3.05, 3.63) is 83.7 Å². The molecule has 0 bridgehead atoms. The number of nitrogens with one attached hydrogen (secondary N) is 1. The lowest BCUT2D eigenvalue weighted by Crippen LogP contribution is -2.12. The highest BCUT2D eigenvalue weighted by Gasteiger charge is 2.21. The molecule has 0 saturated heterocycles. The van der Waals surface area contributed by atoms with Gasteiger partial charge in [-0.2, -0.15) is 5.21 Å². The third-order valence-corrected chi connectivity index (χ3v) is 6.29. The van der Waals surface area contributed by atoms with Crippen molar-refractivity contribution in [2.75, 3.05) is 7.11 Å². The molecule has 7 heteroatoms. The van der Waals surface area contributed by atoms with Gasteiger partial charge in [-0.25, -0.2) is 0 Å². The second-order valence-electron chi connectivity index (χ2n) is 8.40. The zero-order valence-corrected chi connectivity index (χ0v) is 18.6. The number of nitrogens with zero attached hydrogens (tertiary/aromatic N) is 4. The molecular weight excluding hydrogens is 414 g/mol. The zero-order chi connectivity index (χ0) is 22.5. The topological polar surface area (TPSA) is 85.8 Å². The van der Waals surface area contributed by atoms with E-state index in [4.69, 9.17) is 9.47 Å². The summed E-state index contributed by atoms with van der Waals surface area (Å²) in [4.78, 5) is 4.17. The summed E-state index contributed by atoms with van der Waals surface area (Å²) in [6.07, 6.45) is 9.45. The van der Waals surface area contributed by atoms with Crippen LogP contribution in [-0.2, 0) is 6.42 Å². The van der Waals surface area contributed by atoms with Crippen LogP contribution in [0.5, 0.6) is 11.5 Å². The van der Waals surface area contributed by atoms with Crippen LogP contribution in [0.2, 0.25) is 0 Å². The van der Waals surface area contributed by atoms with Crippen LogP contribution in [0.25, 0.3) is 11.4 Å². The zero-order valence-electron chi connectivity index (χ0n) is 18.6. The second-order valence-corrected chi connectivity index (χ2v) is 8.40. The monoisotopic (exact) mass is 441 g/mol. The van der Waals surface area contributed by atoms with Crippen molar-refractivity contribution in [2.45, 2.75) is 44.1 Å². The Bertz CT molecular complexity index is 1160. The van der Waals surface area contributed by atoms with Crippen LogP contribution in [0.1, 0.15) is 48.3 Å². The van der Waals surface area contributed by atoms with Gasteiger partial charge in [-0.3, -0.25) is 4.98 Å². The third kappa shape index (κ3) is 4.87. The Morgan fingerprint density at radius 2 is 1.70 bits per heavy atom. The van der Waals surface area contributed by atoms with Crippen molar-refractivity contribution >= 4 is 0 Å². The Kier molecular flexibility index (Phi) is 6.28. The van der Waals surface area contributed by atoms with Gasteiger partial charge in [0.05, 0.1) is 13.2 Å². The maximum Gasteiger partial charge on any atom is 0.204 e. The smallest absolute Gasteiger partial charge is 0.204 e. The number of rotatable bonds is 8. The molecule has 2 aromatic carbocycles. The quantitative estimate of drug-likeness (QED) is 0.416. The molecule has 1 N–H and O–H groups in total. The molecule has 1 saturated carbocycles. The minimum absolute atomic E-state index is 0.142. The van der Waals surface area contributed by atoms with Crippen LogP contribution in [-0.4, -0.2) is 38.8 Å². The summed E-state index contributed by atoms with van der Waals surface area (Å²) < 4.78 is 12.0. The number of ether oxygens (including phenoxy) is 2. The number of tetrazole rings is 1. The lowest BCUT2D eigenvalue weighted by Gasteiger charge is -2.22. The number of hydrogen-bond acceptors (Lipinski definition) is 6. The largest absolute Gasteiger partial charge is 0.493 e. The van der Waals surface area contributed by atoms with E-state index in [9.17, 15) is 0 Å². The summed E-state index contributed by atoms with van der Waals surface area (Å²) in [7, 11) is 1.70. The molecule has 33 heavy (non-hydrogen) atoms. The van der Waals surface area contributed by atoms with Gasteiger partial charge in [0.1, 0.15) is 0 Å². The predicted molar refractivity (Wildman–Crippen MR) is 125 cm³/mol. The van der Waals surface area contributed by atoms with Crippen molar-refractivity contribution in [1.29, 1.82) is 0 Å². The highest BCUT2D eigenvalue weighted by Crippen LogP contribution is 2.37. The number of benzene rings is 2. The molecule has 0 aliphatic heterocycles. The number of hydrogen-bond donors (Lipinski definition) is 1. The van der Waals surface area contributed by atoms with E-state index in [0.717, 1.165) is 36.3 Å². The van der Waals surface area contributed by atoms with Crippen LogP contribution >= 0.6 is 0 Å². The highest BCUT2D eigenvalue weighted by atomic mass is 16.5. The summed E-state index contributed by atoms with van der Waals surface area (Å²) in [6, 6.07) is 18.8. The highest BCUT2D eigenvalue weighted by molar-refractivity contribution is 5.55. The molecule has 0 radical (unpaired) electrons. The van der Waals surface area contributed by atoms with E-state index in [-0.39, 0.29) is 12.0 Å². The van der Waals surface area contributed by atoms with Crippen molar-refractivity contribution in [2.24, 2.45) is 0 Å². The van der Waals surface area contributed by atoms with Crippen molar-refractivity contribution in [3.8, 4) is 22.9 Å². The molecular formula is C26H27N5O2. The number of pyridine rings is 1. The molecule has 1 aliphatic rings. The van der Waals surface area contributed by atoms with E-state index in [2.05, 4.69) is 62.0 Å². The lowest BCUT2D eigenvalue weighted by atomic mass is 9.85. The minimum atomic E-state index is 0.142. The van der Waals surface area contributed by atoms with Gasteiger partial charge in [-0.05, 0) is 78.3 Å². The molecule has 2 aromatic heterocycles. The molecule has 5 rings (SSSR count). The molecule has 1 fully saturated rings. The predicted octanol–water partition coefficient (Wildman–Crippen LogP) is 4.97. The fourth-order valence-corrected chi connectivity index (χ4v) is 4.52. The van der Waals surface area contributed by atoms with E-state index >= 15 is 0 Å². The fourth-order valence-electron chi connectivity index (χ4n) is 4.52. The second kappa shape index (κ2) is 9.81. The maximum atomic E-state index is 6.38. The summed E-state index contributed by atoms with van der Waals surface area (Å²) >= 11 is 0. The van der Waals surface area contributed by atoms with Crippen molar-refractivity contribution in [1.82, 2.24) is 25.6 Å². The molecule has 1 aliphatic carbocycles. The van der Waals surface area contributed by atoms with E-state index in [1.165, 1.54) is 29.5 Å². The van der Waals surface area contributed by atoms with Crippen LogP contribution < -0.4 is 9.47 Å². The Morgan fingerprint density at radius 1 is 0.939 bits per heavy atom. The van der Waals surface area contributed by atoms with E-state index in [1.807, 2.05) is 30.6 Å². The third-order valence-electron chi connectivity index (χ3n) is 6.29. The average Bonchev–Trinajstić information content (AvgIpc) is 3.58. The minimum Gasteiger partial charge on any atom is -0.493 e. The Morgan fingerprint density at radius 3 is 2.39 bits per heavy atom. The van der Waals surface area contributed by atoms with Gasteiger partial charge in [0.15, 0.2) is 11.5 Å². The van der Waals surface area contributed by atoms with Crippen LogP contribution in [0.4, 0.5) is 0 Å². The van der Waals surface area contributed by atoms with Gasteiger partial charge < -0.3 is 9.47 Å². The van der Waals surface area contributed by atoms with Crippen LogP contribution in [0.15, 0.2) is 67.0 Å². The maximum absolute atomic E-state index is 6.38. The van der Waals surface area contributed by atoms with Gasteiger partial charge in [-0.15, -0.1) is 10.2 Å². The standard InChI is InChI=1S/C26H27N5O2/c1-32-24-11-10-21(17-25(24)33-22-4-2-3-5-22)23(16-18-12-14-27-15-13-18)19-6-8-20(9-7-19)26-28-30-31-29-26/h6-15,17,22-23H,2-5,16H2,1H3,(H,28,29,30,31)/t23-/m1/s1. The van der Waals surface area contributed by atoms with Crippen molar-refractivity contribution in [3.63, 3.8) is 0 Å². The molecule has 0 spiro atoms. The number of aromatic nitrogens is 5. The first-order valence-electron chi connectivity index (χ1n) is 11.4. The van der Waals surface area contributed by atoms with Gasteiger partial charge in [0, 0.05) is 23.9 Å². The molecule has 2 heterocycles. The molecule has 7 nitrogen and oxygen atoms in total. The van der Waals surface area contributed by atoms with Gasteiger partial charge in [0.25, 0.3) is 0 Å². The number of H-pyrrole nitrogens is 1. The Labute approximate surface area is 193 Å².